The van der Waals surface area contributed by atoms with Crippen molar-refractivity contribution in [3.05, 3.63) is 76.5 Å². The van der Waals surface area contributed by atoms with Gasteiger partial charge in [-0.3, -0.25) is 0 Å². The van der Waals surface area contributed by atoms with Crippen molar-refractivity contribution in [1.82, 2.24) is 10.3 Å². The average Bonchev–Trinajstić information content (AvgIpc) is 2.69. The van der Waals surface area contributed by atoms with E-state index in [1.807, 2.05) is 30.3 Å². The van der Waals surface area contributed by atoms with E-state index in [-0.39, 0.29) is 0 Å². The lowest BCUT2D eigenvalue weighted by atomic mass is 10.0. The molecule has 0 saturated carbocycles. The van der Waals surface area contributed by atoms with Crippen LogP contribution in [0.2, 0.25) is 0 Å². The minimum atomic E-state index is 0.765. The predicted octanol–water partition coefficient (Wildman–Crippen LogP) is 4.82. The summed E-state index contributed by atoms with van der Waals surface area (Å²) < 4.78 is 11.5. The third-order valence-electron chi connectivity index (χ3n) is 4.13. The number of halogens is 1. The maximum atomic E-state index is 5.52. The average molecular weight is 413 g/mol. The first-order valence-corrected chi connectivity index (χ1v) is 9.12. The number of aromatic nitrogens is 1. The number of hydrogen-bond donors (Lipinski definition) is 1. The molecule has 0 spiro atoms. The van der Waals surface area contributed by atoms with Crippen LogP contribution in [0.25, 0.3) is 11.1 Å². The fraction of sp³-hybridized carbons (Fsp3) is 0.190. The Morgan fingerprint density at radius 3 is 2.31 bits per heavy atom. The van der Waals surface area contributed by atoms with Crippen LogP contribution in [-0.4, -0.2) is 19.2 Å². The lowest BCUT2D eigenvalue weighted by molar-refractivity contribution is 0.414. The SMILES string of the molecule is COc1ccc(CNCc2ccc(OC)c(-c3cccnc3Br)c2)cc1. The molecule has 0 saturated heterocycles. The second kappa shape index (κ2) is 8.83. The largest absolute Gasteiger partial charge is 0.497 e. The fourth-order valence-electron chi connectivity index (χ4n) is 2.76. The van der Waals surface area contributed by atoms with E-state index >= 15 is 0 Å². The Bertz CT molecular complexity index is 866. The standard InChI is InChI=1S/C21H21BrN2O2/c1-25-17-8-5-15(6-9-17)13-23-14-16-7-10-20(26-2)19(12-16)18-4-3-11-24-21(18)22/h3-12,23H,13-14H2,1-2H3. The van der Waals surface area contributed by atoms with Crippen molar-refractivity contribution in [3.63, 3.8) is 0 Å². The molecule has 0 unspecified atom stereocenters. The van der Waals surface area contributed by atoms with Crippen LogP contribution in [0.3, 0.4) is 0 Å². The van der Waals surface area contributed by atoms with Crippen molar-refractivity contribution >= 4 is 15.9 Å². The van der Waals surface area contributed by atoms with Gasteiger partial charge in [0.15, 0.2) is 0 Å². The summed E-state index contributed by atoms with van der Waals surface area (Å²) in [6.07, 6.45) is 1.76. The lowest BCUT2D eigenvalue weighted by Crippen LogP contribution is -2.12. The number of pyridine rings is 1. The molecule has 0 aliphatic rings. The fourth-order valence-corrected chi connectivity index (χ4v) is 3.22. The van der Waals surface area contributed by atoms with Crippen molar-refractivity contribution in [1.29, 1.82) is 0 Å². The Balaban J connectivity index is 1.72. The number of hydrogen-bond acceptors (Lipinski definition) is 4. The van der Waals surface area contributed by atoms with Gasteiger partial charge < -0.3 is 14.8 Å². The summed E-state index contributed by atoms with van der Waals surface area (Å²) in [6, 6.07) is 18.3. The zero-order valence-electron chi connectivity index (χ0n) is 14.8. The number of ether oxygens (including phenoxy) is 2. The highest BCUT2D eigenvalue weighted by atomic mass is 79.9. The van der Waals surface area contributed by atoms with E-state index in [0.717, 1.165) is 40.3 Å². The van der Waals surface area contributed by atoms with Crippen molar-refractivity contribution in [3.8, 4) is 22.6 Å². The lowest BCUT2D eigenvalue weighted by Gasteiger charge is -2.13. The van der Waals surface area contributed by atoms with Crippen LogP contribution in [0.1, 0.15) is 11.1 Å². The Kier molecular flexibility index (Phi) is 6.26. The molecule has 5 heteroatoms. The molecule has 0 radical (unpaired) electrons. The number of nitrogens with zero attached hydrogens (tertiary/aromatic N) is 1. The monoisotopic (exact) mass is 412 g/mol. The molecule has 3 rings (SSSR count). The zero-order valence-corrected chi connectivity index (χ0v) is 16.4. The Labute approximate surface area is 162 Å². The first-order valence-electron chi connectivity index (χ1n) is 8.32. The van der Waals surface area contributed by atoms with Gasteiger partial charge >= 0.3 is 0 Å². The Morgan fingerprint density at radius 1 is 0.885 bits per heavy atom. The summed E-state index contributed by atoms with van der Waals surface area (Å²) in [5.41, 5.74) is 4.44. The van der Waals surface area contributed by atoms with Gasteiger partial charge in [-0.25, -0.2) is 4.98 Å². The molecule has 0 bridgehead atoms. The minimum Gasteiger partial charge on any atom is -0.497 e. The molecule has 1 heterocycles. The molecule has 0 aliphatic heterocycles. The van der Waals surface area contributed by atoms with E-state index in [2.05, 4.69) is 50.5 Å². The molecule has 0 aliphatic carbocycles. The van der Waals surface area contributed by atoms with Crippen LogP contribution in [-0.2, 0) is 13.1 Å². The molecule has 2 aromatic carbocycles. The van der Waals surface area contributed by atoms with Crippen LogP contribution in [0.15, 0.2) is 65.4 Å². The molecule has 1 aromatic heterocycles. The first kappa shape index (κ1) is 18.4. The van der Waals surface area contributed by atoms with Crippen LogP contribution in [0.5, 0.6) is 11.5 Å². The smallest absolute Gasteiger partial charge is 0.126 e. The molecule has 3 aromatic rings. The predicted molar refractivity (Wildman–Crippen MR) is 107 cm³/mol. The second-order valence-electron chi connectivity index (χ2n) is 5.83. The highest BCUT2D eigenvalue weighted by Crippen LogP contribution is 2.34. The number of rotatable bonds is 7. The van der Waals surface area contributed by atoms with E-state index in [9.17, 15) is 0 Å². The van der Waals surface area contributed by atoms with E-state index in [1.165, 1.54) is 11.1 Å². The molecular formula is C21H21BrN2O2. The van der Waals surface area contributed by atoms with E-state index in [4.69, 9.17) is 9.47 Å². The van der Waals surface area contributed by atoms with Gasteiger partial charge in [0.2, 0.25) is 0 Å². The van der Waals surface area contributed by atoms with Gasteiger partial charge in [0, 0.05) is 30.4 Å². The Hall–Kier alpha value is -2.37. The van der Waals surface area contributed by atoms with Gasteiger partial charge in [-0.2, -0.15) is 0 Å². The van der Waals surface area contributed by atoms with Crippen LogP contribution in [0, 0.1) is 0 Å². The molecule has 0 amide bonds. The van der Waals surface area contributed by atoms with Gasteiger partial charge in [0.1, 0.15) is 16.1 Å². The second-order valence-corrected chi connectivity index (χ2v) is 6.58. The van der Waals surface area contributed by atoms with Crippen molar-refractivity contribution < 1.29 is 9.47 Å². The van der Waals surface area contributed by atoms with Crippen molar-refractivity contribution in [2.24, 2.45) is 0 Å². The quantitative estimate of drug-likeness (QED) is 0.565. The summed E-state index contributed by atoms with van der Waals surface area (Å²) in [5, 5.41) is 3.48. The normalized spacial score (nSPS) is 10.6. The molecule has 0 atom stereocenters. The first-order chi connectivity index (χ1) is 12.7. The van der Waals surface area contributed by atoms with Crippen LogP contribution in [0.4, 0.5) is 0 Å². The van der Waals surface area contributed by atoms with Crippen LogP contribution >= 0.6 is 15.9 Å². The third-order valence-corrected chi connectivity index (χ3v) is 4.76. The Morgan fingerprint density at radius 2 is 1.62 bits per heavy atom. The number of nitrogens with one attached hydrogen (secondary N) is 1. The zero-order chi connectivity index (χ0) is 18.4. The van der Waals surface area contributed by atoms with Crippen LogP contribution < -0.4 is 14.8 Å². The van der Waals surface area contributed by atoms with Gasteiger partial charge in [0.25, 0.3) is 0 Å². The summed E-state index contributed by atoms with van der Waals surface area (Å²) in [5.74, 6) is 1.70. The highest BCUT2D eigenvalue weighted by molar-refractivity contribution is 9.10. The maximum absolute atomic E-state index is 5.52. The summed E-state index contributed by atoms with van der Waals surface area (Å²) in [7, 11) is 3.36. The highest BCUT2D eigenvalue weighted by Gasteiger charge is 2.10. The maximum Gasteiger partial charge on any atom is 0.126 e. The molecule has 0 fully saturated rings. The minimum absolute atomic E-state index is 0.765. The van der Waals surface area contributed by atoms with E-state index in [1.54, 1.807) is 20.4 Å². The molecular weight excluding hydrogens is 392 g/mol. The van der Waals surface area contributed by atoms with Gasteiger partial charge in [-0.1, -0.05) is 18.2 Å². The molecule has 4 nitrogen and oxygen atoms in total. The molecule has 134 valence electrons. The number of benzene rings is 2. The van der Waals surface area contributed by atoms with Gasteiger partial charge in [-0.15, -0.1) is 0 Å². The van der Waals surface area contributed by atoms with E-state index in [0.29, 0.717) is 0 Å². The summed E-state index contributed by atoms with van der Waals surface area (Å²) in [6.45, 7) is 1.56. The van der Waals surface area contributed by atoms with Crippen molar-refractivity contribution in [2.45, 2.75) is 13.1 Å². The van der Waals surface area contributed by atoms with Gasteiger partial charge in [-0.05, 0) is 63.5 Å². The topological polar surface area (TPSA) is 43.4 Å². The third kappa shape index (κ3) is 4.42. The summed E-state index contributed by atoms with van der Waals surface area (Å²) >= 11 is 3.52. The van der Waals surface area contributed by atoms with E-state index < -0.39 is 0 Å². The summed E-state index contributed by atoms with van der Waals surface area (Å²) in [4.78, 5) is 4.31. The number of methoxy groups -OCH3 is 2. The van der Waals surface area contributed by atoms with Gasteiger partial charge in [0.05, 0.1) is 14.2 Å². The van der Waals surface area contributed by atoms with Crippen molar-refractivity contribution in [2.75, 3.05) is 14.2 Å². The molecule has 26 heavy (non-hydrogen) atoms. The molecule has 1 N–H and O–H groups in total.